The van der Waals surface area contributed by atoms with Crippen LogP contribution in [0.5, 0.6) is 0 Å². The van der Waals surface area contributed by atoms with E-state index in [2.05, 4.69) is 25.7 Å². The van der Waals surface area contributed by atoms with Gasteiger partial charge in [-0.15, -0.1) is 0 Å². The number of fused-ring (bicyclic) bond motifs is 5. The van der Waals surface area contributed by atoms with Crippen LogP contribution in [0, 0.1) is 46.3 Å². The SMILES string of the molecule is COC(=O)CCC(C)C1CCC2C3CCC4CN(C(=O)c5ccccc5CO)CCCC4(C)C3CC[C@]12C. The molecule has 1 aliphatic heterocycles. The number of nitrogens with zero attached hydrogens (tertiary/aromatic N) is 1. The van der Waals surface area contributed by atoms with E-state index >= 15 is 0 Å². The first-order chi connectivity index (χ1) is 18.2. The third-order valence-electron chi connectivity index (χ3n) is 12.1. The van der Waals surface area contributed by atoms with Crippen molar-refractivity contribution in [3.63, 3.8) is 0 Å². The second kappa shape index (κ2) is 10.9. The summed E-state index contributed by atoms with van der Waals surface area (Å²) in [5.41, 5.74) is 2.08. The van der Waals surface area contributed by atoms with Gasteiger partial charge in [-0.3, -0.25) is 9.59 Å². The molecule has 38 heavy (non-hydrogen) atoms. The fourth-order valence-electron chi connectivity index (χ4n) is 10.1. The van der Waals surface area contributed by atoms with Gasteiger partial charge in [0.05, 0.1) is 13.7 Å². The quantitative estimate of drug-likeness (QED) is 0.434. The van der Waals surface area contributed by atoms with E-state index in [1.54, 1.807) is 0 Å². The molecule has 1 heterocycles. The zero-order valence-corrected chi connectivity index (χ0v) is 24.1. The van der Waals surface area contributed by atoms with Crippen molar-refractivity contribution in [1.29, 1.82) is 0 Å². The number of aliphatic hydroxyl groups is 1. The van der Waals surface area contributed by atoms with Crippen molar-refractivity contribution in [2.24, 2.45) is 46.3 Å². The van der Waals surface area contributed by atoms with E-state index in [4.69, 9.17) is 4.74 Å². The maximum Gasteiger partial charge on any atom is 0.305 e. The molecule has 0 bridgehead atoms. The molecule has 3 saturated carbocycles. The number of aliphatic hydroxyl groups excluding tert-OH is 1. The molecule has 0 spiro atoms. The molecule has 0 radical (unpaired) electrons. The average Bonchev–Trinajstić information content (AvgIpc) is 3.18. The Morgan fingerprint density at radius 3 is 2.58 bits per heavy atom. The van der Waals surface area contributed by atoms with Gasteiger partial charge in [-0.25, -0.2) is 0 Å². The Labute approximate surface area is 229 Å². The van der Waals surface area contributed by atoms with Crippen LogP contribution in [-0.2, 0) is 16.1 Å². The van der Waals surface area contributed by atoms with Crippen LogP contribution in [0.1, 0.15) is 101 Å². The lowest BCUT2D eigenvalue weighted by molar-refractivity contribution is -0.141. The van der Waals surface area contributed by atoms with Gasteiger partial charge in [0.25, 0.3) is 5.91 Å². The fraction of sp³-hybridized carbons (Fsp3) is 0.758. The maximum absolute atomic E-state index is 13.6. The van der Waals surface area contributed by atoms with Crippen LogP contribution < -0.4 is 0 Å². The zero-order valence-electron chi connectivity index (χ0n) is 24.1. The van der Waals surface area contributed by atoms with Crippen molar-refractivity contribution >= 4 is 11.9 Å². The molecule has 0 aromatic heterocycles. The number of hydrogen-bond acceptors (Lipinski definition) is 4. The van der Waals surface area contributed by atoms with E-state index in [9.17, 15) is 14.7 Å². The average molecular weight is 524 g/mol. The Morgan fingerprint density at radius 2 is 1.82 bits per heavy atom. The summed E-state index contributed by atoms with van der Waals surface area (Å²) in [5.74, 6) is 4.18. The third kappa shape index (κ3) is 4.71. The number of rotatable bonds is 6. The minimum absolute atomic E-state index is 0.0766. The second-order valence-electron chi connectivity index (χ2n) is 13.6. The number of amides is 1. The molecule has 8 atom stereocenters. The van der Waals surface area contributed by atoms with Crippen LogP contribution in [0.3, 0.4) is 0 Å². The van der Waals surface area contributed by atoms with Crippen molar-refractivity contribution in [2.45, 2.75) is 91.6 Å². The van der Waals surface area contributed by atoms with Gasteiger partial charge in [-0.05, 0) is 116 Å². The molecule has 4 aliphatic rings. The van der Waals surface area contributed by atoms with E-state index < -0.39 is 0 Å². The number of carbonyl (C=O) groups excluding carboxylic acids is 2. The Bertz CT molecular complexity index is 1020. The molecule has 1 amide bonds. The van der Waals surface area contributed by atoms with Gasteiger partial charge < -0.3 is 14.7 Å². The molecule has 3 aliphatic carbocycles. The fourth-order valence-corrected chi connectivity index (χ4v) is 10.1. The zero-order chi connectivity index (χ0) is 27.1. The molecule has 7 unspecified atom stereocenters. The number of methoxy groups -OCH3 is 1. The highest BCUT2D eigenvalue weighted by molar-refractivity contribution is 5.95. The molecule has 1 aromatic rings. The van der Waals surface area contributed by atoms with Crippen molar-refractivity contribution in [3.05, 3.63) is 35.4 Å². The van der Waals surface area contributed by atoms with Crippen LogP contribution in [0.4, 0.5) is 0 Å². The summed E-state index contributed by atoms with van der Waals surface area (Å²) >= 11 is 0. The Kier molecular flexibility index (Phi) is 7.97. The first kappa shape index (κ1) is 27.7. The number of benzene rings is 1. The van der Waals surface area contributed by atoms with Crippen LogP contribution in [0.2, 0.25) is 0 Å². The molecule has 210 valence electrons. The molecule has 1 saturated heterocycles. The molecule has 5 nitrogen and oxygen atoms in total. The van der Waals surface area contributed by atoms with Gasteiger partial charge in [0.15, 0.2) is 0 Å². The maximum atomic E-state index is 13.6. The lowest BCUT2D eigenvalue weighted by Gasteiger charge is -2.59. The number of likely N-dealkylation sites (tertiary alicyclic amines) is 1. The van der Waals surface area contributed by atoms with E-state index in [0.717, 1.165) is 49.2 Å². The minimum Gasteiger partial charge on any atom is -0.469 e. The van der Waals surface area contributed by atoms with E-state index in [-0.39, 0.29) is 18.5 Å². The van der Waals surface area contributed by atoms with Crippen LogP contribution >= 0.6 is 0 Å². The van der Waals surface area contributed by atoms with Crippen molar-refractivity contribution in [3.8, 4) is 0 Å². The standard InChI is InChI=1S/C33H49NO4/c1-22(10-15-30(36)38-4)27-13-14-28-26-12-11-24-20-34(31(37)25-9-6-5-8-23(25)21-35)19-7-17-32(24,2)29(26)16-18-33(27,28)3/h5-6,8-9,22,24,26-29,35H,7,10-21H2,1-4H3/t22?,24?,26?,27?,28?,29?,32?,33-/m1/s1. The molecule has 4 fully saturated rings. The number of hydrogen-bond donors (Lipinski definition) is 1. The van der Waals surface area contributed by atoms with Crippen molar-refractivity contribution in [1.82, 2.24) is 4.90 Å². The number of esters is 1. The normalized spacial score (nSPS) is 37.4. The highest BCUT2D eigenvalue weighted by atomic mass is 16.5. The largest absolute Gasteiger partial charge is 0.469 e. The molecular weight excluding hydrogens is 474 g/mol. The summed E-state index contributed by atoms with van der Waals surface area (Å²) in [6.45, 7) is 9.11. The summed E-state index contributed by atoms with van der Waals surface area (Å²) < 4.78 is 4.92. The van der Waals surface area contributed by atoms with Crippen LogP contribution in [0.15, 0.2) is 24.3 Å². The van der Waals surface area contributed by atoms with E-state index in [1.165, 1.54) is 52.1 Å². The first-order valence-electron chi connectivity index (χ1n) is 15.3. The van der Waals surface area contributed by atoms with Crippen LogP contribution in [-0.4, -0.2) is 42.1 Å². The third-order valence-corrected chi connectivity index (χ3v) is 12.1. The van der Waals surface area contributed by atoms with Gasteiger partial charge in [0.1, 0.15) is 0 Å². The van der Waals surface area contributed by atoms with Gasteiger partial charge in [0, 0.05) is 25.1 Å². The first-order valence-corrected chi connectivity index (χ1v) is 15.3. The van der Waals surface area contributed by atoms with Gasteiger partial charge >= 0.3 is 5.97 Å². The lowest BCUT2D eigenvalue weighted by Crippen LogP contribution is -2.53. The van der Waals surface area contributed by atoms with Crippen molar-refractivity contribution in [2.75, 3.05) is 20.2 Å². The van der Waals surface area contributed by atoms with Crippen molar-refractivity contribution < 1.29 is 19.4 Å². The number of carbonyl (C=O) groups is 2. The predicted molar refractivity (Wildman–Crippen MR) is 149 cm³/mol. The number of ether oxygens (including phenoxy) is 1. The minimum atomic E-state index is -0.0941. The highest BCUT2D eigenvalue weighted by Crippen LogP contribution is 2.67. The smallest absolute Gasteiger partial charge is 0.305 e. The lowest BCUT2D eigenvalue weighted by atomic mass is 9.46. The van der Waals surface area contributed by atoms with E-state index in [1.807, 2.05) is 24.3 Å². The topological polar surface area (TPSA) is 66.8 Å². The van der Waals surface area contributed by atoms with Gasteiger partial charge in [-0.2, -0.15) is 0 Å². The summed E-state index contributed by atoms with van der Waals surface area (Å²) in [7, 11) is 1.49. The second-order valence-corrected chi connectivity index (χ2v) is 13.6. The summed E-state index contributed by atoms with van der Waals surface area (Å²) in [6.07, 6.45) is 11.5. The van der Waals surface area contributed by atoms with Gasteiger partial charge in [-0.1, -0.05) is 39.0 Å². The molecule has 5 heteroatoms. The van der Waals surface area contributed by atoms with Gasteiger partial charge in [0.2, 0.25) is 0 Å². The Hall–Kier alpha value is -1.88. The molecular formula is C33H49NO4. The Balaban J connectivity index is 1.30. The highest BCUT2D eigenvalue weighted by Gasteiger charge is 2.60. The predicted octanol–water partition coefficient (Wildman–Crippen LogP) is 6.48. The monoisotopic (exact) mass is 523 g/mol. The molecule has 1 aromatic carbocycles. The summed E-state index contributed by atoms with van der Waals surface area (Å²) in [6, 6.07) is 7.54. The summed E-state index contributed by atoms with van der Waals surface area (Å²) in [5, 5.41) is 9.80. The molecule has 5 rings (SSSR count). The molecule has 1 N–H and O–H groups in total. The van der Waals surface area contributed by atoms with E-state index in [0.29, 0.717) is 40.6 Å². The van der Waals surface area contributed by atoms with Crippen LogP contribution in [0.25, 0.3) is 0 Å². The summed E-state index contributed by atoms with van der Waals surface area (Å²) in [4.78, 5) is 27.5. The Morgan fingerprint density at radius 1 is 1.05 bits per heavy atom.